The number of ether oxygens (including phenoxy) is 2. The Kier molecular flexibility index (Phi) is 4.54. The number of fused-ring (bicyclic) bond motifs is 1. The predicted molar refractivity (Wildman–Crippen MR) is 79.2 cm³/mol. The molecule has 18 heavy (non-hydrogen) atoms. The van der Waals surface area contributed by atoms with Crippen molar-refractivity contribution in [1.82, 2.24) is 0 Å². The first-order chi connectivity index (χ1) is 8.77. The molecule has 0 radical (unpaired) electrons. The molecule has 2 aromatic rings. The lowest BCUT2D eigenvalue weighted by atomic mass is 10.0. The first-order valence-corrected chi connectivity index (χ1v) is 6.72. The molecule has 0 amide bonds. The molecular formula is C14H13IO3. The minimum absolute atomic E-state index is 0.158. The fourth-order valence-corrected chi connectivity index (χ4v) is 2.55. The van der Waals surface area contributed by atoms with Gasteiger partial charge in [0.2, 0.25) is 0 Å². The number of halogens is 1. The number of carbonyl (C=O) groups excluding carboxylic acids is 1. The number of aldehydes is 1. The van der Waals surface area contributed by atoms with Crippen molar-refractivity contribution in [2.45, 2.75) is 6.92 Å². The van der Waals surface area contributed by atoms with Gasteiger partial charge in [-0.1, -0.05) is 24.3 Å². The van der Waals surface area contributed by atoms with E-state index in [0.29, 0.717) is 17.9 Å². The van der Waals surface area contributed by atoms with Crippen molar-refractivity contribution >= 4 is 39.6 Å². The van der Waals surface area contributed by atoms with E-state index in [1.807, 2.05) is 37.3 Å². The Hall–Kier alpha value is -1.14. The lowest BCUT2D eigenvalue weighted by molar-refractivity contribution is 0.0216. The van der Waals surface area contributed by atoms with Crippen molar-refractivity contribution < 1.29 is 14.3 Å². The van der Waals surface area contributed by atoms with Gasteiger partial charge >= 0.3 is 0 Å². The summed E-state index contributed by atoms with van der Waals surface area (Å²) in [7, 11) is 0. The van der Waals surface area contributed by atoms with Crippen molar-refractivity contribution in [3.05, 3.63) is 39.5 Å². The lowest BCUT2D eigenvalue weighted by Gasteiger charge is -2.12. The normalized spacial score (nSPS) is 10.6. The first-order valence-electron chi connectivity index (χ1n) is 5.65. The van der Waals surface area contributed by atoms with E-state index >= 15 is 0 Å². The molecule has 0 aliphatic heterocycles. The number of benzene rings is 2. The summed E-state index contributed by atoms with van der Waals surface area (Å²) in [6.07, 6.45) is 0.839. The summed E-state index contributed by atoms with van der Waals surface area (Å²) in [6, 6.07) is 9.77. The van der Waals surface area contributed by atoms with Crippen LogP contribution in [0.2, 0.25) is 0 Å². The molecule has 3 nitrogen and oxygen atoms in total. The van der Waals surface area contributed by atoms with Crippen LogP contribution < -0.4 is 4.74 Å². The van der Waals surface area contributed by atoms with E-state index in [1.54, 1.807) is 0 Å². The van der Waals surface area contributed by atoms with Crippen LogP contribution in [-0.2, 0) is 4.74 Å². The van der Waals surface area contributed by atoms with Crippen molar-refractivity contribution in [1.29, 1.82) is 0 Å². The van der Waals surface area contributed by atoms with Gasteiger partial charge in [-0.05, 0) is 46.4 Å². The van der Waals surface area contributed by atoms with Gasteiger partial charge in [-0.15, -0.1) is 0 Å². The molecule has 94 valence electrons. The van der Waals surface area contributed by atoms with E-state index in [0.717, 1.165) is 20.6 Å². The molecule has 0 aliphatic carbocycles. The molecule has 0 spiro atoms. The molecule has 2 rings (SSSR count). The van der Waals surface area contributed by atoms with Crippen LogP contribution in [0.4, 0.5) is 0 Å². The van der Waals surface area contributed by atoms with Crippen LogP contribution in [0.25, 0.3) is 10.8 Å². The highest BCUT2D eigenvalue weighted by molar-refractivity contribution is 14.1. The minimum atomic E-state index is 0.158. The largest absolute Gasteiger partial charge is 0.466 e. The average molecular weight is 356 g/mol. The van der Waals surface area contributed by atoms with E-state index in [-0.39, 0.29) is 6.79 Å². The molecule has 0 saturated carbocycles. The number of carbonyl (C=O) groups is 1. The Morgan fingerprint density at radius 3 is 2.83 bits per heavy atom. The molecule has 2 aromatic carbocycles. The molecular weight excluding hydrogens is 343 g/mol. The predicted octanol–water partition coefficient (Wildman–Crippen LogP) is 3.63. The van der Waals surface area contributed by atoms with Gasteiger partial charge in [0, 0.05) is 6.61 Å². The topological polar surface area (TPSA) is 35.5 Å². The fraction of sp³-hybridized carbons (Fsp3) is 0.214. The Balaban J connectivity index is 2.50. The van der Waals surface area contributed by atoms with Crippen LogP contribution in [0.3, 0.4) is 0 Å². The van der Waals surface area contributed by atoms with Gasteiger partial charge < -0.3 is 9.47 Å². The molecule has 0 N–H and O–H groups in total. The van der Waals surface area contributed by atoms with E-state index < -0.39 is 0 Å². The number of hydrogen-bond donors (Lipinski definition) is 0. The van der Waals surface area contributed by atoms with Crippen molar-refractivity contribution in [2.24, 2.45) is 0 Å². The zero-order chi connectivity index (χ0) is 13.0. The highest BCUT2D eigenvalue weighted by atomic mass is 127. The SMILES string of the molecule is CCOCOc1c(I)cc2ccccc2c1C=O. The molecule has 0 atom stereocenters. The molecule has 0 aromatic heterocycles. The summed E-state index contributed by atoms with van der Waals surface area (Å²) in [4.78, 5) is 11.3. The van der Waals surface area contributed by atoms with Crippen LogP contribution in [-0.4, -0.2) is 19.7 Å². The molecule has 0 unspecified atom stereocenters. The monoisotopic (exact) mass is 356 g/mol. The van der Waals surface area contributed by atoms with Gasteiger partial charge in [0.25, 0.3) is 0 Å². The quantitative estimate of drug-likeness (QED) is 0.355. The third-order valence-corrected chi connectivity index (χ3v) is 3.40. The zero-order valence-corrected chi connectivity index (χ0v) is 12.1. The summed E-state index contributed by atoms with van der Waals surface area (Å²) >= 11 is 2.17. The van der Waals surface area contributed by atoms with E-state index in [1.165, 1.54) is 0 Å². The van der Waals surface area contributed by atoms with Gasteiger partial charge in [-0.2, -0.15) is 0 Å². The zero-order valence-electron chi connectivity index (χ0n) is 9.98. The summed E-state index contributed by atoms with van der Waals surface area (Å²) in [5.41, 5.74) is 0.581. The van der Waals surface area contributed by atoms with Gasteiger partial charge in [0.1, 0.15) is 5.75 Å². The van der Waals surface area contributed by atoms with E-state index in [4.69, 9.17) is 9.47 Å². The van der Waals surface area contributed by atoms with Crippen molar-refractivity contribution in [2.75, 3.05) is 13.4 Å². The fourth-order valence-electron chi connectivity index (χ4n) is 1.77. The van der Waals surface area contributed by atoms with E-state index in [2.05, 4.69) is 22.6 Å². The highest BCUT2D eigenvalue weighted by Gasteiger charge is 2.12. The van der Waals surface area contributed by atoms with Crippen LogP contribution in [0.15, 0.2) is 30.3 Å². The Labute approximate surface area is 119 Å². The summed E-state index contributed by atoms with van der Waals surface area (Å²) < 4.78 is 11.6. The number of hydrogen-bond acceptors (Lipinski definition) is 3. The molecule has 0 aliphatic rings. The van der Waals surface area contributed by atoms with Gasteiger partial charge in [-0.3, -0.25) is 4.79 Å². The van der Waals surface area contributed by atoms with Gasteiger partial charge in [0.15, 0.2) is 13.1 Å². The Morgan fingerprint density at radius 2 is 2.11 bits per heavy atom. The lowest BCUT2D eigenvalue weighted by Crippen LogP contribution is -2.05. The Morgan fingerprint density at radius 1 is 1.33 bits per heavy atom. The summed E-state index contributed by atoms with van der Waals surface area (Å²) in [5, 5.41) is 1.94. The summed E-state index contributed by atoms with van der Waals surface area (Å²) in [5.74, 6) is 0.595. The highest BCUT2D eigenvalue weighted by Crippen LogP contribution is 2.32. The third kappa shape index (κ3) is 2.64. The molecule has 4 heteroatoms. The maximum Gasteiger partial charge on any atom is 0.189 e. The maximum atomic E-state index is 11.3. The molecule has 0 bridgehead atoms. The Bertz CT molecular complexity index is 566. The maximum absolute atomic E-state index is 11.3. The van der Waals surface area contributed by atoms with Crippen LogP contribution in [0.1, 0.15) is 17.3 Å². The molecule has 0 fully saturated rings. The van der Waals surface area contributed by atoms with Crippen molar-refractivity contribution in [3.63, 3.8) is 0 Å². The second kappa shape index (κ2) is 6.15. The van der Waals surface area contributed by atoms with Crippen LogP contribution in [0.5, 0.6) is 5.75 Å². The van der Waals surface area contributed by atoms with Crippen LogP contribution in [0, 0.1) is 3.57 Å². The average Bonchev–Trinajstić information content (AvgIpc) is 2.39. The van der Waals surface area contributed by atoms with Crippen molar-refractivity contribution in [3.8, 4) is 5.75 Å². The van der Waals surface area contributed by atoms with Gasteiger partial charge in [0.05, 0.1) is 9.13 Å². The standard InChI is InChI=1S/C14H13IO3/c1-2-17-9-18-14-12(8-16)11-6-4-3-5-10(11)7-13(14)15/h3-8H,2,9H2,1H3. The third-order valence-electron chi connectivity index (χ3n) is 2.60. The summed E-state index contributed by atoms with van der Waals surface area (Å²) in [6.45, 7) is 2.64. The first kappa shape index (κ1) is 13.3. The second-order valence-electron chi connectivity index (χ2n) is 3.70. The van der Waals surface area contributed by atoms with Gasteiger partial charge in [-0.25, -0.2) is 0 Å². The van der Waals surface area contributed by atoms with E-state index in [9.17, 15) is 4.79 Å². The second-order valence-corrected chi connectivity index (χ2v) is 4.86. The smallest absolute Gasteiger partial charge is 0.189 e. The molecule has 0 heterocycles. The number of rotatable bonds is 5. The molecule has 0 saturated heterocycles. The van der Waals surface area contributed by atoms with Crippen LogP contribution >= 0.6 is 22.6 Å². The minimum Gasteiger partial charge on any atom is -0.466 e.